The average molecular weight is 298 g/mol. The largest absolute Gasteiger partial charge is 0.398 e. The van der Waals surface area contributed by atoms with E-state index in [1.54, 1.807) is 0 Å². The summed E-state index contributed by atoms with van der Waals surface area (Å²) in [6.45, 7) is 0. The van der Waals surface area contributed by atoms with Crippen LogP contribution >= 0.6 is 11.3 Å². The smallest absolute Gasteiger partial charge is 0.387 e. The van der Waals surface area contributed by atoms with E-state index in [0.717, 1.165) is 11.3 Å². The molecule has 0 unspecified atom stereocenters. The summed E-state index contributed by atoms with van der Waals surface area (Å²) < 4.78 is 0. The van der Waals surface area contributed by atoms with Crippen LogP contribution in [-0.2, 0) is 24.1 Å². The number of nitrogens with two attached hydrogens (primary N) is 1. The minimum atomic E-state index is -1.03. The monoisotopic (exact) mass is 298 g/mol. The van der Waals surface area contributed by atoms with Crippen molar-refractivity contribution in [3.05, 3.63) is 11.1 Å². The third-order valence-corrected chi connectivity index (χ3v) is 2.99. The van der Waals surface area contributed by atoms with E-state index in [-0.39, 0.29) is 29.4 Å². The van der Waals surface area contributed by atoms with Crippen molar-refractivity contribution >= 4 is 40.0 Å². The number of nitrogens with zero attached hydrogens (tertiary/aromatic N) is 3. The molecule has 10 heteroatoms. The second-order valence-corrected chi connectivity index (χ2v) is 4.54. The van der Waals surface area contributed by atoms with E-state index in [1.165, 1.54) is 12.5 Å². The lowest BCUT2D eigenvalue weighted by atomic mass is 10.3. The number of anilines is 1. The van der Waals surface area contributed by atoms with Gasteiger partial charge in [-0.3, -0.25) is 9.59 Å². The van der Waals surface area contributed by atoms with Crippen LogP contribution in [0.15, 0.2) is 10.5 Å². The molecule has 0 bridgehead atoms. The van der Waals surface area contributed by atoms with Crippen molar-refractivity contribution in [3.63, 3.8) is 0 Å². The number of hydrogen-bond donors (Lipinski definition) is 1. The highest BCUT2D eigenvalue weighted by Gasteiger charge is 2.34. The maximum Gasteiger partial charge on any atom is 0.387 e. The van der Waals surface area contributed by atoms with Crippen molar-refractivity contribution in [2.45, 2.75) is 12.8 Å². The molecular weight excluding hydrogens is 288 g/mol. The van der Waals surface area contributed by atoms with Crippen molar-refractivity contribution in [2.24, 2.45) is 5.16 Å². The molecule has 2 heterocycles. The topological polar surface area (TPSA) is 124 Å². The number of amides is 2. The lowest BCUT2D eigenvalue weighted by molar-refractivity contribution is -0.192. The summed E-state index contributed by atoms with van der Waals surface area (Å²) in [5.74, 6) is -2.20. The first-order valence-electron chi connectivity index (χ1n) is 5.43. The number of carbonyl (C=O) groups excluding carboxylic acids is 3. The summed E-state index contributed by atoms with van der Waals surface area (Å²) in [6, 6.07) is 0. The number of thiazole rings is 1. The van der Waals surface area contributed by atoms with Gasteiger partial charge in [-0.1, -0.05) is 5.16 Å². The molecule has 1 aromatic rings. The van der Waals surface area contributed by atoms with Crippen molar-refractivity contribution in [1.29, 1.82) is 0 Å². The van der Waals surface area contributed by atoms with E-state index in [4.69, 9.17) is 10.6 Å². The van der Waals surface area contributed by atoms with E-state index >= 15 is 0 Å². The maximum atomic E-state index is 11.9. The quantitative estimate of drug-likeness (QED) is 0.459. The SMILES string of the molecule is CO/N=C(\C(=O)ON1C(=O)CCC1=O)c1csc(N)n1. The van der Waals surface area contributed by atoms with Gasteiger partial charge in [0, 0.05) is 18.2 Å². The fourth-order valence-corrected chi connectivity index (χ4v) is 2.01. The first-order valence-corrected chi connectivity index (χ1v) is 6.31. The third-order valence-electron chi connectivity index (χ3n) is 2.32. The highest BCUT2D eigenvalue weighted by molar-refractivity contribution is 7.13. The summed E-state index contributed by atoms with van der Waals surface area (Å²) in [6.07, 6.45) is 0.0129. The number of hydrogen-bond acceptors (Lipinski definition) is 9. The highest BCUT2D eigenvalue weighted by Crippen LogP contribution is 2.16. The Morgan fingerprint density at radius 2 is 2.10 bits per heavy atom. The zero-order valence-corrected chi connectivity index (χ0v) is 11.2. The van der Waals surface area contributed by atoms with Crippen LogP contribution in [0.4, 0.5) is 5.13 Å². The van der Waals surface area contributed by atoms with Crippen LogP contribution in [0.5, 0.6) is 0 Å². The van der Waals surface area contributed by atoms with Crippen LogP contribution in [-0.4, -0.2) is 40.7 Å². The van der Waals surface area contributed by atoms with E-state index in [2.05, 4.69) is 15.0 Å². The predicted molar refractivity (Wildman–Crippen MR) is 67.3 cm³/mol. The van der Waals surface area contributed by atoms with Gasteiger partial charge in [0.15, 0.2) is 5.13 Å². The zero-order chi connectivity index (χ0) is 14.7. The molecule has 106 valence electrons. The van der Waals surface area contributed by atoms with Gasteiger partial charge >= 0.3 is 5.97 Å². The summed E-state index contributed by atoms with van der Waals surface area (Å²) in [5, 5.41) is 5.60. The summed E-state index contributed by atoms with van der Waals surface area (Å²) in [7, 11) is 1.23. The Hall–Kier alpha value is -2.49. The molecule has 20 heavy (non-hydrogen) atoms. The van der Waals surface area contributed by atoms with Crippen LogP contribution in [0.25, 0.3) is 0 Å². The van der Waals surface area contributed by atoms with Gasteiger partial charge in [0.1, 0.15) is 12.8 Å². The molecule has 0 atom stereocenters. The normalized spacial score (nSPS) is 15.7. The molecule has 1 fully saturated rings. The van der Waals surface area contributed by atoms with E-state index in [0.29, 0.717) is 5.06 Å². The van der Waals surface area contributed by atoms with E-state index < -0.39 is 17.8 Å². The van der Waals surface area contributed by atoms with Crippen molar-refractivity contribution in [1.82, 2.24) is 10.0 Å². The van der Waals surface area contributed by atoms with Crippen molar-refractivity contribution in [3.8, 4) is 0 Å². The Morgan fingerprint density at radius 1 is 1.45 bits per heavy atom. The minimum absolute atomic E-state index is 0.00646. The molecule has 1 aliphatic rings. The first-order chi connectivity index (χ1) is 9.52. The molecule has 1 aromatic heterocycles. The second-order valence-electron chi connectivity index (χ2n) is 3.65. The molecule has 0 aromatic carbocycles. The van der Waals surface area contributed by atoms with Crippen LogP contribution in [0.2, 0.25) is 0 Å². The molecule has 2 rings (SSSR count). The van der Waals surface area contributed by atoms with E-state index in [9.17, 15) is 14.4 Å². The van der Waals surface area contributed by atoms with Gasteiger partial charge < -0.3 is 15.4 Å². The molecular formula is C10H10N4O5S. The Balaban J connectivity index is 2.18. The standard InChI is InChI=1S/C10H10N4O5S/c1-18-13-8(5-4-20-10(11)12-5)9(17)19-14-6(15)2-3-7(14)16/h4H,2-3H2,1H3,(H2,11,12)/b13-8-. The molecule has 1 aliphatic heterocycles. The predicted octanol–water partition coefficient (Wildman–Crippen LogP) is -0.317. The van der Waals surface area contributed by atoms with Gasteiger partial charge in [-0.25, -0.2) is 9.78 Å². The summed E-state index contributed by atoms with van der Waals surface area (Å²) >= 11 is 1.09. The first kappa shape index (κ1) is 13.9. The fourth-order valence-electron chi connectivity index (χ4n) is 1.46. The fraction of sp³-hybridized carbons (Fsp3) is 0.300. The maximum absolute atomic E-state index is 11.9. The molecule has 2 N–H and O–H groups in total. The van der Waals surface area contributed by atoms with Gasteiger partial charge in [-0.05, 0) is 0 Å². The van der Waals surface area contributed by atoms with Crippen LogP contribution in [0, 0.1) is 0 Å². The minimum Gasteiger partial charge on any atom is -0.398 e. The van der Waals surface area contributed by atoms with Crippen LogP contribution < -0.4 is 5.73 Å². The number of nitrogen functional groups attached to an aromatic ring is 1. The summed E-state index contributed by atoms with van der Waals surface area (Å²) in [4.78, 5) is 47.8. The molecule has 0 radical (unpaired) electrons. The van der Waals surface area contributed by atoms with Gasteiger partial charge in [0.2, 0.25) is 5.71 Å². The molecule has 0 saturated carbocycles. The third kappa shape index (κ3) is 2.74. The van der Waals surface area contributed by atoms with Crippen LogP contribution in [0.1, 0.15) is 18.5 Å². The van der Waals surface area contributed by atoms with Gasteiger partial charge in [0.05, 0.1) is 0 Å². The molecule has 1 saturated heterocycles. The highest BCUT2D eigenvalue weighted by atomic mass is 32.1. The number of rotatable bonds is 4. The molecule has 0 aliphatic carbocycles. The second kappa shape index (κ2) is 5.65. The van der Waals surface area contributed by atoms with Crippen molar-refractivity contribution in [2.75, 3.05) is 12.8 Å². The lowest BCUT2D eigenvalue weighted by Gasteiger charge is -2.12. The number of oxime groups is 1. The zero-order valence-electron chi connectivity index (χ0n) is 10.4. The number of imide groups is 1. The van der Waals surface area contributed by atoms with Gasteiger partial charge in [-0.2, -0.15) is 0 Å². The number of hydroxylamine groups is 2. The molecule has 0 spiro atoms. The Labute approximate surface area is 116 Å². The van der Waals surface area contributed by atoms with Gasteiger partial charge in [0.25, 0.3) is 11.8 Å². The van der Waals surface area contributed by atoms with Gasteiger partial charge in [-0.15, -0.1) is 16.4 Å². The lowest BCUT2D eigenvalue weighted by Crippen LogP contribution is -2.35. The molecule has 2 amide bonds. The van der Waals surface area contributed by atoms with E-state index in [1.807, 2.05) is 0 Å². The van der Waals surface area contributed by atoms with Crippen LogP contribution in [0.3, 0.4) is 0 Å². The Kier molecular flexibility index (Phi) is 3.94. The average Bonchev–Trinajstić information content (AvgIpc) is 2.96. The number of aromatic nitrogens is 1. The van der Waals surface area contributed by atoms with Crippen molar-refractivity contribution < 1.29 is 24.1 Å². The number of carbonyl (C=O) groups is 3. The summed E-state index contributed by atoms with van der Waals surface area (Å²) in [5.41, 5.74) is 5.31. The molecule has 9 nitrogen and oxygen atoms in total. The Morgan fingerprint density at radius 3 is 2.60 bits per heavy atom. The Bertz CT molecular complexity index is 580.